The molecule has 1 aromatic carbocycles. The van der Waals surface area contributed by atoms with Gasteiger partial charge in [0.15, 0.2) is 0 Å². The van der Waals surface area contributed by atoms with Crippen LogP contribution in [0.4, 0.5) is 10.1 Å². The molecule has 2 rings (SSSR count). The van der Waals surface area contributed by atoms with Gasteiger partial charge in [0.2, 0.25) is 0 Å². The average molecular weight is 284 g/mol. The number of rotatable bonds is 4. The van der Waals surface area contributed by atoms with Gasteiger partial charge < -0.3 is 10.5 Å². The van der Waals surface area contributed by atoms with Gasteiger partial charge in [-0.3, -0.25) is 4.68 Å². The van der Waals surface area contributed by atoms with Crippen LogP contribution in [0.5, 0.6) is 5.75 Å². The molecule has 4 nitrogen and oxygen atoms in total. The van der Waals surface area contributed by atoms with Crippen molar-refractivity contribution in [2.45, 2.75) is 20.0 Å². The van der Waals surface area contributed by atoms with Crippen LogP contribution in [0.1, 0.15) is 18.3 Å². The van der Waals surface area contributed by atoms with Crippen molar-refractivity contribution in [2.24, 2.45) is 7.05 Å². The summed E-state index contributed by atoms with van der Waals surface area (Å²) in [5.74, 6) is -0.0927. The quantitative estimate of drug-likeness (QED) is 0.878. The third-order valence-electron chi connectivity index (χ3n) is 2.84. The fraction of sp³-hybridized carbons (Fsp3) is 0.308. The van der Waals surface area contributed by atoms with E-state index < -0.39 is 5.82 Å². The first kappa shape index (κ1) is 13.7. The first-order chi connectivity index (χ1) is 9.02. The molecular weight excluding hydrogens is 269 g/mol. The third-order valence-corrected chi connectivity index (χ3v) is 3.28. The fourth-order valence-corrected chi connectivity index (χ4v) is 2.10. The van der Waals surface area contributed by atoms with Gasteiger partial charge in [-0.1, -0.05) is 18.5 Å². The van der Waals surface area contributed by atoms with Gasteiger partial charge in [0, 0.05) is 13.1 Å². The van der Waals surface area contributed by atoms with Crippen LogP contribution in [-0.4, -0.2) is 9.78 Å². The zero-order valence-electron chi connectivity index (χ0n) is 10.8. The Labute approximate surface area is 115 Å². The van der Waals surface area contributed by atoms with Crippen LogP contribution in [0.25, 0.3) is 0 Å². The van der Waals surface area contributed by atoms with Crippen molar-refractivity contribution in [1.82, 2.24) is 9.78 Å². The predicted molar refractivity (Wildman–Crippen MR) is 72.7 cm³/mol. The number of aromatic nitrogens is 2. The topological polar surface area (TPSA) is 53.1 Å². The molecule has 2 aromatic rings. The molecule has 1 heterocycles. The minimum atomic E-state index is -0.394. The second-order valence-corrected chi connectivity index (χ2v) is 4.53. The monoisotopic (exact) mass is 283 g/mol. The van der Waals surface area contributed by atoms with E-state index in [9.17, 15) is 4.39 Å². The minimum Gasteiger partial charge on any atom is -0.485 e. The summed E-state index contributed by atoms with van der Waals surface area (Å²) in [5, 5.41) is 4.86. The van der Waals surface area contributed by atoms with Gasteiger partial charge >= 0.3 is 0 Å². The lowest BCUT2D eigenvalue weighted by molar-refractivity contribution is 0.295. The number of nitrogen functional groups attached to an aromatic ring is 1. The number of nitrogens with zero attached hydrogens (tertiary/aromatic N) is 2. The fourth-order valence-electron chi connectivity index (χ4n) is 1.76. The normalized spacial score (nSPS) is 10.7. The lowest BCUT2D eigenvalue weighted by Gasteiger charge is -2.09. The second kappa shape index (κ2) is 5.48. The van der Waals surface area contributed by atoms with E-state index in [1.807, 2.05) is 6.92 Å². The van der Waals surface area contributed by atoms with E-state index in [0.29, 0.717) is 16.5 Å². The number of ether oxygens (including phenoxy) is 1. The molecule has 0 radical (unpaired) electrons. The minimum absolute atomic E-state index is 0.190. The van der Waals surface area contributed by atoms with E-state index >= 15 is 0 Å². The smallest absolute Gasteiger partial charge is 0.145 e. The molecule has 0 fully saturated rings. The first-order valence-corrected chi connectivity index (χ1v) is 6.28. The van der Waals surface area contributed by atoms with Gasteiger partial charge in [0.25, 0.3) is 0 Å². The predicted octanol–water partition coefficient (Wildman–Crippen LogP) is 2.94. The lowest BCUT2D eigenvalue weighted by Crippen LogP contribution is -2.05. The Morgan fingerprint density at radius 3 is 2.84 bits per heavy atom. The lowest BCUT2D eigenvalue weighted by atomic mass is 10.3. The molecule has 0 spiro atoms. The van der Waals surface area contributed by atoms with Gasteiger partial charge in [-0.05, 0) is 18.6 Å². The number of anilines is 1. The van der Waals surface area contributed by atoms with E-state index in [2.05, 4.69) is 5.10 Å². The van der Waals surface area contributed by atoms with Crippen molar-refractivity contribution < 1.29 is 9.13 Å². The highest BCUT2D eigenvalue weighted by Crippen LogP contribution is 2.26. The SMILES string of the molecule is CCc1nn(C)c(COc2cc(F)ccc2N)c1Cl. The summed E-state index contributed by atoms with van der Waals surface area (Å²) in [6.45, 7) is 2.17. The molecule has 0 amide bonds. The summed E-state index contributed by atoms with van der Waals surface area (Å²) >= 11 is 6.20. The second-order valence-electron chi connectivity index (χ2n) is 4.16. The molecule has 102 valence electrons. The Balaban J connectivity index is 2.19. The maximum atomic E-state index is 13.1. The molecule has 1 aromatic heterocycles. The third kappa shape index (κ3) is 2.81. The number of nitrogens with two attached hydrogens (primary N) is 1. The van der Waals surface area contributed by atoms with Crippen LogP contribution in [0.3, 0.4) is 0 Å². The Morgan fingerprint density at radius 2 is 2.21 bits per heavy atom. The largest absolute Gasteiger partial charge is 0.485 e. The van der Waals surface area contributed by atoms with Crippen LogP contribution in [0, 0.1) is 5.82 Å². The summed E-state index contributed by atoms with van der Waals surface area (Å²) in [5.41, 5.74) is 7.65. The first-order valence-electron chi connectivity index (χ1n) is 5.91. The Hall–Kier alpha value is -1.75. The van der Waals surface area contributed by atoms with Crippen LogP contribution >= 0.6 is 11.6 Å². The highest BCUT2D eigenvalue weighted by Gasteiger charge is 2.14. The molecule has 0 unspecified atom stereocenters. The Bertz CT molecular complexity index is 598. The van der Waals surface area contributed by atoms with Crippen LogP contribution in [-0.2, 0) is 20.1 Å². The van der Waals surface area contributed by atoms with Gasteiger partial charge in [-0.2, -0.15) is 5.10 Å². The van der Waals surface area contributed by atoms with Crippen molar-refractivity contribution in [2.75, 3.05) is 5.73 Å². The van der Waals surface area contributed by atoms with Crippen molar-refractivity contribution in [3.8, 4) is 5.75 Å². The molecule has 0 atom stereocenters. The van der Waals surface area contributed by atoms with Crippen molar-refractivity contribution in [1.29, 1.82) is 0 Å². The van der Waals surface area contributed by atoms with Gasteiger partial charge in [-0.25, -0.2) is 4.39 Å². The zero-order chi connectivity index (χ0) is 14.0. The van der Waals surface area contributed by atoms with Gasteiger partial charge in [-0.15, -0.1) is 0 Å². The van der Waals surface area contributed by atoms with Gasteiger partial charge in [0.1, 0.15) is 18.2 Å². The molecule has 0 aliphatic carbocycles. The molecule has 2 N–H and O–H groups in total. The van der Waals surface area contributed by atoms with Crippen molar-refractivity contribution >= 4 is 17.3 Å². The van der Waals surface area contributed by atoms with E-state index in [1.165, 1.54) is 18.2 Å². The van der Waals surface area contributed by atoms with Crippen molar-refractivity contribution in [3.63, 3.8) is 0 Å². The summed E-state index contributed by atoms with van der Waals surface area (Å²) in [7, 11) is 1.79. The number of aryl methyl sites for hydroxylation is 2. The van der Waals surface area contributed by atoms with Gasteiger partial charge in [0.05, 0.1) is 22.1 Å². The maximum Gasteiger partial charge on any atom is 0.145 e. The molecule has 0 saturated heterocycles. The molecule has 19 heavy (non-hydrogen) atoms. The highest BCUT2D eigenvalue weighted by atomic mass is 35.5. The highest BCUT2D eigenvalue weighted by molar-refractivity contribution is 6.31. The Kier molecular flexibility index (Phi) is 3.95. The molecule has 0 bridgehead atoms. The van der Waals surface area contributed by atoms with Crippen LogP contribution in [0.15, 0.2) is 18.2 Å². The molecular formula is C13H15ClFN3O. The Morgan fingerprint density at radius 1 is 1.47 bits per heavy atom. The number of hydrogen-bond acceptors (Lipinski definition) is 3. The maximum absolute atomic E-state index is 13.1. The van der Waals surface area contributed by atoms with Crippen LogP contribution < -0.4 is 10.5 Å². The average Bonchev–Trinajstić information content (AvgIpc) is 2.66. The van der Waals surface area contributed by atoms with E-state index in [0.717, 1.165) is 17.8 Å². The summed E-state index contributed by atoms with van der Waals surface area (Å²) in [6, 6.07) is 4.00. The summed E-state index contributed by atoms with van der Waals surface area (Å²) < 4.78 is 20.3. The standard InChI is InChI=1S/C13H15ClFN3O/c1-3-10-13(14)11(18(2)17-10)7-19-12-6-8(15)4-5-9(12)16/h4-6H,3,7,16H2,1-2H3. The van der Waals surface area contributed by atoms with E-state index in [4.69, 9.17) is 22.1 Å². The van der Waals surface area contributed by atoms with Crippen LogP contribution in [0.2, 0.25) is 5.02 Å². The summed E-state index contributed by atoms with van der Waals surface area (Å²) in [4.78, 5) is 0. The van der Waals surface area contributed by atoms with E-state index in [-0.39, 0.29) is 6.61 Å². The molecule has 6 heteroatoms. The number of benzene rings is 1. The summed E-state index contributed by atoms with van der Waals surface area (Å²) in [6.07, 6.45) is 0.745. The number of hydrogen-bond donors (Lipinski definition) is 1. The zero-order valence-corrected chi connectivity index (χ0v) is 11.5. The number of halogens is 2. The van der Waals surface area contributed by atoms with Crippen molar-refractivity contribution in [3.05, 3.63) is 40.4 Å². The molecule has 0 aliphatic rings. The molecule has 0 aliphatic heterocycles. The van der Waals surface area contributed by atoms with E-state index in [1.54, 1.807) is 11.7 Å². The molecule has 0 saturated carbocycles.